The molecule has 0 spiro atoms. The van der Waals surface area contributed by atoms with Gasteiger partial charge in [0, 0.05) is 12.6 Å². The van der Waals surface area contributed by atoms with Crippen molar-refractivity contribution in [3.8, 4) is 0 Å². The van der Waals surface area contributed by atoms with E-state index in [0.29, 0.717) is 6.54 Å². The highest BCUT2D eigenvalue weighted by atomic mass is 16.4. The fraction of sp³-hybridized carbons (Fsp3) is 0.286. The van der Waals surface area contributed by atoms with E-state index in [2.05, 4.69) is 0 Å². The molecular weight excluding hydrogens is 262 g/mol. The summed E-state index contributed by atoms with van der Waals surface area (Å²) in [5, 5.41) is 8.85. The van der Waals surface area contributed by atoms with Gasteiger partial charge in [-0.15, -0.1) is 0 Å². The minimum absolute atomic E-state index is 0.0258. The second-order valence-corrected chi connectivity index (χ2v) is 4.68. The Bertz CT molecular complexity index is 628. The average molecular weight is 275 g/mol. The van der Waals surface area contributed by atoms with Gasteiger partial charge in [0.2, 0.25) is 0 Å². The van der Waals surface area contributed by atoms with Gasteiger partial charge in [-0.25, -0.2) is 4.79 Å². The summed E-state index contributed by atoms with van der Waals surface area (Å²) in [5.74, 6) is -0.644. The van der Waals surface area contributed by atoms with E-state index in [1.54, 1.807) is 17.2 Å². The Kier molecular flexibility index (Phi) is 3.06. The highest BCUT2D eigenvalue weighted by molar-refractivity contribution is 5.95. The number of carbonyl (C=O) groups excluding carboxylic acids is 1. The molecule has 1 N–H and O–H groups in total. The van der Waals surface area contributed by atoms with Gasteiger partial charge in [0.05, 0.1) is 17.9 Å². The molecule has 2 aromatic heterocycles. The Labute approximate surface area is 114 Å². The Balaban J connectivity index is 1.83. The Morgan fingerprint density at radius 2 is 2.20 bits per heavy atom. The van der Waals surface area contributed by atoms with Crippen molar-refractivity contribution in [1.82, 2.24) is 4.90 Å². The van der Waals surface area contributed by atoms with Crippen molar-refractivity contribution in [1.29, 1.82) is 0 Å². The van der Waals surface area contributed by atoms with Crippen LogP contribution in [-0.2, 0) is 0 Å². The third-order valence-corrected chi connectivity index (χ3v) is 3.44. The molecule has 0 bridgehead atoms. The van der Waals surface area contributed by atoms with Crippen LogP contribution in [0.4, 0.5) is 0 Å². The van der Waals surface area contributed by atoms with Crippen molar-refractivity contribution < 1.29 is 23.5 Å². The summed E-state index contributed by atoms with van der Waals surface area (Å²) >= 11 is 0. The second kappa shape index (κ2) is 4.88. The first kappa shape index (κ1) is 12.5. The normalized spacial score (nSPS) is 18.4. The van der Waals surface area contributed by atoms with Gasteiger partial charge in [-0.1, -0.05) is 0 Å². The maximum Gasteiger partial charge on any atom is 0.338 e. The fourth-order valence-electron chi connectivity index (χ4n) is 2.49. The van der Waals surface area contributed by atoms with Crippen molar-refractivity contribution in [2.75, 3.05) is 6.54 Å². The molecule has 1 unspecified atom stereocenters. The van der Waals surface area contributed by atoms with Crippen LogP contribution in [-0.4, -0.2) is 28.4 Å². The summed E-state index contributed by atoms with van der Waals surface area (Å²) in [7, 11) is 0. The number of carboxylic acids is 1. The van der Waals surface area contributed by atoms with Gasteiger partial charge in [0.25, 0.3) is 5.91 Å². The molecule has 1 aliphatic heterocycles. The van der Waals surface area contributed by atoms with E-state index in [1.807, 2.05) is 6.07 Å². The van der Waals surface area contributed by atoms with Gasteiger partial charge in [0.1, 0.15) is 12.0 Å². The molecule has 0 aliphatic carbocycles. The lowest BCUT2D eigenvalue weighted by atomic mass is 10.1. The van der Waals surface area contributed by atoms with Gasteiger partial charge in [-0.05, 0) is 25.0 Å². The number of furan rings is 2. The number of nitrogens with zero attached hydrogens (tertiary/aromatic N) is 1. The minimum Gasteiger partial charge on any atom is -0.478 e. The minimum atomic E-state index is -1.11. The van der Waals surface area contributed by atoms with Crippen LogP contribution in [0, 0.1) is 0 Å². The maximum absolute atomic E-state index is 12.4. The third kappa shape index (κ3) is 2.09. The fourth-order valence-corrected chi connectivity index (χ4v) is 2.49. The Morgan fingerprint density at radius 3 is 2.85 bits per heavy atom. The lowest BCUT2D eigenvalue weighted by Crippen LogP contribution is -2.30. The average Bonchev–Trinajstić information content (AvgIpc) is 3.17. The standard InChI is InChI=1S/C14H13NO5/c16-13(12-7-9(8-20-12)14(17)18)15-5-1-3-10(15)11-4-2-6-19-11/h2,4,6-8,10H,1,3,5H2,(H,17,18). The van der Waals surface area contributed by atoms with E-state index < -0.39 is 5.97 Å². The summed E-state index contributed by atoms with van der Waals surface area (Å²) in [6, 6.07) is 4.76. The lowest BCUT2D eigenvalue weighted by molar-refractivity contribution is 0.0682. The molecule has 6 heteroatoms. The van der Waals surface area contributed by atoms with E-state index >= 15 is 0 Å². The third-order valence-electron chi connectivity index (χ3n) is 3.44. The largest absolute Gasteiger partial charge is 0.478 e. The molecule has 1 fully saturated rings. The maximum atomic E-state index is 12.4. The van der Waals surface area contributed by atoms with Gasteiger partial charge >= 0.3 is 5.97 Å². The number of rotatable bonds is 3. The smallest absolute Gasteiger partial charge is 0.338 e. The van der Waals surface area contributed by atoms with Crippen molar-refractivity contribution in [2.24, 2.45) is 0 Å². The van der Waals surface area contributed by atoms with Crippen LogP contribution in [0.5, 0.6) is 0 Å². The number of aromatic carboxylic acids is 1. The monoisotopic (exact) mass is 275 g/mol. The van der Waals surface area contributed by atoms with Crippen LogP contribution in [0.1, 0.15) is 45.6 Å². The number of carbonyl (C=O) groups is 2. The topological polar surface area (TPSA) is 83.9 Å². The lowest BCUT2D eigenvalue weighted by Gasteiger charge is -2.21. The zero-order chi connectivity index (χ0) is 14.1. The second-order valence-electron chi connectivity index (χ2n) is 4.68. The predicted octanol–water partition coefficient (Wildman–Crippen LogP) is 2.55. The molecule has 1 saturated heterocycles. The van der Waals surface area contributed by atoms with Gasteiger partial charge in [-0.2, -0.15) is 0 Å². The molecule has 3 heterocycles. The number of likely N-dealkylation sites (tertiary alicyclic amines) is 1. The summed E-state index contributed by atoms with van der Waals surface area (Å²) in [5.41, 5.74) is -0.0258. The van der Waals surface area contributed by atoms with E-state index in [4.69, 9.17) is 13.9 Å². The molecule has 0 saturated carbocycles. The molecule has 1 atom stereocenters. The molecule has 0 radical (unpaired) electrons. The quantitative estimate of drug-likeness (QED) is 0.930. The summed E-state index contributed by atoms with van der Waals surface area (Å²) in [6.45, 7) is 0.604. The summed E-state index contributed by atoms with van der Waals surface area (Å²) in [4.78, 5) is 24.9. The van der Waals surface area contributed by atoms with Crippen LogP contribution in [0.3, 0.4) is 0 Å². The van der Waals surface area contributed by atoms with E-state index in [9.17, 15) is 9.59 Å². The van der Waals surface area contributed by atoms with Crippen molar-refractivity contribution >= 4 is 11.9 Å². The molecule has 3 rings (SSSR count). The van der Waals surface area contributed by atoms with Crippen LogP contribution in [0.25, 0.3) is 0 Å². The first-order chi connectivity index (χ1) is 9.66. The van der Waals surface area contributed by atoms with Gasteiger partial charge in [-0.3, -0.25) is 4.79 Å². The van der Waals surface area contributed by atoms with Crippen LogP contribution >= 0.6 is 0 Å². The first-order valence-corrected chi connectivity index (χ1v) is 6.33. The number of hydrogen-bond acceptors (Lipinski definition) is 4. The zero-order valence-electron chi connectivity index (χ0n) is 10.6. The van der Waals surface area contributed by atoms with Gasteiger partial charge in [0.15, 0.2) is 5.76 Å². The van der Waals surface area contributed by atoms with E-state index in [0.717, 1.165) is 24.9 Å². The number of carboxylic acid groups (broad SMARTS) is 1. The molecule has 20 heavy (non-hydrogen) atoms. The Morgan fingerprint density at radius 1 is 1.35 bits per heavy atom. The zero-order valence-corrected chi connectivity index (χ0v) is 10.6. The van der Waals surface area contributed by atoms with Crippen LogP contribution in [0.2, 0.25) is 0 Å². The van der Waals surface area contributed by atoms with E-state index in [1.165, 1.54) is 6.07 Å². The summed E-state index contributed by atoms with van der Waals surface area (Å²) < 4.78 is 10.4. The SMILES string of the molecule is O=C(O)c1coc(C(=O)N2CCCC2c2ccco2)c1. The molecule has 0 aromatic carbocycles. The van der Waals surface area contributed by atoms with Crippen molar-refractivity contribution in [3.63, 3.8) is 0 Å². The molecule has 1 aliphatic rings. The predicted molar refractivity (Wildman–Crippen MR) is 67.4 cm³/mol. The van der Waals surface area contributed by atoms with Crippen molar-refractivity contribution in [2.45, 2.75) is 18.9 Å². The summed E-state index contributed by atoms with van der Waals surface area (Å²) in [6.07, 6.45) is 4.36. The Hall–Kier alpha value is -2.50. The molecule has 6 nitrogen and oxygen atoms in total. The van der Waals surface area contributed by atoms with E-state index in [-0.39, 0.29) is 23.3 Å². The molecular formula is C14H13NO5. The highest BCUT2D eigenvalue weighted by Crippen LogP contribution is 2.33. The highest BCUT2D eigenvalue weighted by Gasteiger charge is 2.33. The molecule has 104 valence electrons. The number of hydrogen-bond donors (Lipinski definition) is 1. The van der Waals surface area contributed by atoms with Crippen molar-refractivity contribution in [3.05, 3.63) is 47.8 Å². The molecule has 2 aromatic rings. The first-order valence-electron chi connectivity index (χ1n) is 6.33. The molecule has 1 amide bonds. The van der Waals surface area contributed by atoms with Crippen LogP contribution < -0.4 is 0 Å². The van der Waals surface area contributed by atoms with Gasteiger partial charge < -0.3 is 18.8 Å². The van der Waals surface area contributed by atoms with Crippen LogP contribution in [0.15, 0.2) is 39.6 Å². The number of amides is 1.